The van der Waals surface area contributed by atoms with Crippen molar-refractivity contribution in [2.45, 2.75) is 6.92 Å². The third-order valence-corrected chi connectivity index (χ3v) is 4.05. The molecule has 0 bridgehead atoms. The van der Waals surface area contributed by atoms with Gasteiger partial charge in [-0.15, -0.1) is 0 Å². The predicted molar refractivity (Wildman–Crippen MR) is 90.3 cm³/mol. The summed E-state index contributed by atoms with van der Waals surface area (Å²) in [5.41, 5.74) is 1.15. The molecule has 0 atom stereocenters. The van der Waals surface area contributed by atoms with E-state index in [-0.39, 0.29) is 17.6 Å². The van der Waals surface area contributed by atoms with E-state index in [1.165, 1.54) is 16.7 Å². The first-order valence-electron chi connectivity index (χ1n) is 7.06. The van der Waals surface area contributed by atoms with Crippen LogP contribution < -0.4 is 4.74 Å². The Kier molecular flexibility index (Phi) is 5.81. The smallest absolute Gasteiger partial charge is 0.316 e. The first kappa shape index (κ1) is 17.1. The topological polar surface area (TPSA) is 68.2 Å². The SMILES string of the molecule is CCOC(=O)CSC1=N/C(=C/c2cccc(OC)c2)C(=O)N1C. The van der Waals surface area contributed by atoms with Gasteiger partial charge in [-0.05, 0) is 30.7 Å². The average Bonchev–Trinajstić information content (AvgIpc) is 2.81. The first-order chi connectivity index (χ1) is 11.0. The van der Waals surface area contributed by atoms with Crippen LogP contribution in [0, 0.1) is 0 Å². The summed E-state index contributed by atoms with van der Waals surface area (Å²) < 4.78 is 10.0. The van der Waals surface area contributed by atoms with E-state index < -0.39 is 0 Å². The highest BCUT2D eigenvalue weighted by Gasteiger charge is 2.27. The van der Waals surface area contributed by atoms with Gasteiger partial charge in [-0.3, -0.25) is 14.5 Å². The largest absolute Gasteiger partial charge is 0.497 e. The standard InChI is InChI=1S/C16H18N2O4S/c1-4-22-14(19)10-23-16-17-13(15(20)18(16)2)9-11-6-5-7-12(8-11)21-3/h5-9H,4,10H2,1-3H3/b13-9+. The maximum absolute atomic E-state index is 12.2. The van der Waals surface area contributed by atoms with E-state index in [4.69, 9.17) is 9.47 Å². The highest BCUT2D eigenvalue weighted by Crippen LogP contribution is 2.23. The number of nitrogens with zero attached hydrogens (tertiary/aromatic N) is 2. The summed E-state index contributed by atoms with van der Waals surface area (Å²) in [6.45, 7) is 2.09. The number of benzene rings is 1. The molecule has 0 radical (unpaired) electrons. The minimum absolute atomic E-state index is 0.122. The molecule has 0 saturated heterocycles. The fraction of sp³-hybridized carbons (Fsp3) is 0.312. The van der Waals surface area contributed by atoms with Gasteiger partial charge in [-0.2, -0.15) is 0 Å². The number of hydrogen-bond acceptors (Lipinski definition) is 6. The minimum atomic E-state index is -0.328. The molecule has 6 nitrogen and oxygen atoms in total. The van der Waals surface area contributed by atoms with Crippen LogP contribution in [-0.2, 0) is 14.3 Å². The third-order valence-electron chi connectivity index (χ3n) is 3.05. The number of ether oxygens (including phenoxy) is 2. The Morgan fingerprint density at radius 1 is 1.43 bits per heavy atom. The molecule has 1 amide bonds. The molecule has 0 saturated carbocycles. The van der Waals surface area contributed by atoms with Crippen molar-refractivity contribution in [3.63, 3.8) is 0 Å². The monoisotopic (exact) mass is 334 g/mol. The van der Waals surface area contributed by atoms with Gasteiger partial charge in [0.2, 0.25) is 0 Å². The van der Waals surface area contributed by atoms with Crippen molar-refractivity contribution in [1.82, 2.24) is 4.90 Å². The summed E-state index contributed by atoms with van der Waals surface area (Å²) >= 11 is 1.18. The molecule has 1 aliphatic rings. The van der Waals surface area contributed by atoms with Gasteiger partial charge in [0.15, 0.2) is 5.17 Å². The zero-order chi connectivity index (χ0) is 16.8. The molecular weight excluding hydrogens is 316 g/mol. The maximum Gasteiger partial charge on any atom is 0.316 e. The maximum atomic E-state index is 12.2. The molecule has 1 aromatic carbocycles. The van der Waals surface area contributed by atoms with E-state index in [1.807, 2.05) is 24.3 Å². The summed E-state index contributed by atoms with van der Waals surface area (Å²) in [6.07, 6.45) is 1.69. The Morgan fingerprint density at radius 2 is 2.22 bits per heavy atom. The van der Waals surface area contributed by atoms with Crippen LogP contribution in [0.15, 0.2) is 35.0 Å². The lowest BCUT2D eigenvalue weighted by molar-refractivity contribution is -0.139. The molecule has 0 aliphatic carbocycles. The molecule has 0 N–H and O–H groups in total. The second-order valence-corrected chi connectivity index (χ2v) is 5.60. The van der Waals surface area contributed by atoms with Gasteiger partial charge in [0.05, 0.1) is 19.5 Å². The number of carbonyl (C=O) groups is 2. The van der Waals surface area contributed by atoms with Crippen molar-refractivity contribution in [2.24, 2.45) is 4.99 Å². The Labute approximate surface area is 139 Å². The van der Waals surface area contributed by atoms with Crippen LogP contribution in [0.1, 0.15) is 12.5 Å². The van der Waals surface area contributed by atoms with Crippen molar-refractivity contribution < 1.29 is 19.1 Å². The lowest BCUT2D eigenvalue weighted by atomic mass is 10.2. The van der Waals surface area contributed by atoms with Gasteiger partial charge >= 0.3 is 5.97 Å². The van der Waals surface area contributed by atoms with E-state index in [0.29, 0.717) is 23.2 Å². The van der Waals surface area contributed by atoms with E-state index in [9.17, 15) is 9.59 Å². The second kappa shape index (κ2) is 7.82. The number of carbonyl (C=O) groups excluding carboxylic acids is 2. The summed E-state index contributed by atoms with van der Waals surface area (Å²) in [6, 6.07) is 7.35. The summed E-state index contributed by atoms with van der Waals surface area (Å²) in [7, 11) is 3.22. The van der Waals surface area contributed by atoms with Gasteiger partial charge in [0.1, 0.15) is 11.4 Å². The molecule has 1 aliphatic heterocycles. The quantitative estimate of drug-likeness (QED) is 0.610. The van der Waals surface area contributed by atoms with Crippen molar-refractivity contribution in [1.29, 1.82) is 0 Å². The Morgan fingerprint density at radius 3 is 2.91 bits per heavy atom. The average molecular weight is 334 g/mol. The summed E-state index contributed by atoms with van der Waals surface area (Å²) in [4.78, 5) is 29.4. The molecule has 23 heavy (non-hydrogen) atoms. The molecule has 0 aromatic heterocycles. The molecule has 2 rings (SSSR count). The molecule has 7 heteroatoms. The first-order valence-corrected chi connectivity index (χ1v) is 8.04. The number of hydrogen-bond donors (Lipinski definition) is 0. The number of thioether (sulfide) groups is 1. The fourth-order valence-corrected chi connectivity index (χ4v) is 2.69. The number of esters is 1. The van der Waals surface area contributed by atoms with E-state index in [2.05, 4.69) is 4.99 Å². The third kappa shape index (κ3) is 4.35. The molecule has 1 aromatic rings. The molecule has 0 spiro atoms. The van der Waals surface area contributed by atoms with Crippen LogP contribution in [0.25, 0.3) is 6.08 Å². The van der Waals surface area contributed by atoms with Crippen LogP contribution in [0.2, 0.25) is 0 Å². The van der Waals surface area contributed by atoms with Crippen LogP contribution in [0.5, 0.6) is 5.75 Å². The molecule has 122 valence electrons. The molecule has 0 unspecified atom stereocenters. The molecular formula is C16H18N2O4S. The van der Waals surface area contributed by atoms with Crippen molar-refractivity contribution in [2.75, 3.05) is 26.5 Å². The number of aliphatic imine (C=N–C) groups is 1. The van der Waals surface area contributed by atoms with Crippen molar-refractivity contribution in [3.05, 3.63) is 35.5 Å². The predicted octanol–water partition coefficient (Wildman–Crippen LogP) is 2.16. The van der Waals surface area contributed by atoms with Crippen LogP contribution in [0.4, 0.5) is 0 Å². The van der Waals surface area contributed by atoms with Crippen molar-refractivity contribution in [3.8, 4) is 5.75 Å². The van der Waals surface area contributed by atoms with E-state index >= 15 is 0 Å². The Hall–Kier alpha value is -2.28. The Balaban J connectivity index is 2.14. The van der Waals surface area contributed by atoms with E-state index in [0.717, 1.165) is 5.56 Å². The highest BCUT2D eigenvalue weighted by molar-refractivity contribution is 8.14. The van der Waals surface area contributed by atoms with Gasteiger partial charge in [0, 0.05) is 7.05 Å². The van der Waals surface area contributed by atoms with Crippen LogP contribution in [0.3, 0.4) is 0 Å². The fourth-order valence-electron chi connectivity index (χ4n) is 1.92. The lowest BCUT2D eigenvalue weighted by Gasteiger charge is -2.10. The number of rotatable bonds is 5. The molecule has 1 heterocycles. The van der Waals surface area contributed by atoms with Crippen LogP contribution >= 0.6 is 11.8 Å². The lowest BCUT2D eigenvalue weighted by Crippen LogP contribution is -2.26. The minimum Gasteiger partial charge on any atom is -0.497 e. The van der Waals surface area contributed by atoms with Gasteiger partial charge < -0.3 is 9.47 Å². The zero-order valence-electron chi connectivity index (χ0n) is 13.2. The van der Waals surface area contributed by atoms with Crippen LogP contribution in [-0.4, -0.2) is 48.5 Å². The summed E-state index contributed by atoms with van der Waals surface area (Å²) in [5.74, 6) is 0.293. The van der Waals surface area contributed by atoms with E-state index in [1.54, 1.807) is 27.2 Å². The molecule has 0 fully saturated rings. The number of methoxy groups -OCH3 is 1. The van der Waals surface area contributed by atoms with Crippen molar-refractivity contribution >= 4 is 34.9 Å². The zero-order valence-corrected chi connectivity index (χ0v) is 14.1. The second-order valence-electron chi connectivity index (χ2n) is 4.66. The number of likely N-dealkylation sites (N-methyl/N-ethyl adjacent to an activating group) is 1. The van der Waals surface area contributed by atoms with Gasteiger partial charge in [-0.1, -0.05) is 23.9 Å². The highest BCUT2D eigenvalue weighted by atomic mass is 32.2. The van der Waals surface area contributed by atoms with Gasteiger partial charge in [0.25, 0.3) is 5.91 Å². The Bertz CT molecular complexity index is 670. The normalized spacial score (nSPS) is 15.8. The summed E-state index contributed by atoms with van der Waals surface area (Å²) in [5, 5.41) is 0.484. The number of amides is 1. The number of amidine groups is 1. The van der Waals surface area contributed by atoms with Gasteiger partial charge in [-0.25, -0.2) is 4.99 Å².